The van der Waals surface area contributed by atoms with Crippen molar-refractivity contribution in [3.63, 3.8) is 0 Å². The number of ether oxygens (including phenoxy) is 1. The minimum atomic E-state index is 0.166. The average molecular weight is 146 g/mol. The van der Waals surface area contributed by atoms with Gasteiger partial charge in [-0.2, -0.15) is 5.26 Å². The maximum absolute atomic E-state index is 8.20. The Hall–Kier alpha value is -0.260. The highest BCUT2D eigenvalue weighted by atomic mass is 35.5. The van der Waals surface area contributed by atoms with Gasteiger partial charge in [-0.25, -0.2) is 0 Å². The van der Waals surface area contributed by atoms with E-state index in [4.69, 9.17) is 21.6 Å². The van der Waals surface area contributed by atoms with Gasteiger partial charge < -0.3 is 4.74 Å². The molecule has 50 valence electrons. The molecule has 0 aromatic rings. The molecule has 1 aliphatic rings. The zero-order chi connectivity index (χ0) is 6.69. The second-order valence-electron chi connectivity index (χ2n) is 2.13. The summed E-state index contributed by atoms with van der Waals surface area (Å²) >= 11 is 5.46. The smallest absolute Gasteiger partial charge is 0.0739 e. The van der Waals surface area contributed by atoms with Crippen molar-refractivity contribution < 1.29 is 4.74 Å². The number of alkyl halides is 1. The first kappa shape index (κ1) is 6.85. The van der Waals surface area contributed by atoms with E-state index in [0.29, 0.717) is 12.3 Å². The minimum Gasteiger partial charge on any atom is -0.372 e. The Morgan fingerprint density at radius 1 is 1.67 bits per heavy atom. The van der Waals surface area contributed by atoms with Gasteiger partial charge in [-0.15, -0.1) is 11.6 Å². The number of rotatable bonds is 2. The van der Waals surface area contributed by atoms with Gasteiger partial charge in [-0.05, 0) is 0 Å². The standard InChI is InChI=1S/C6H8ClNO/c7-4-6-3-5(9-6)1-2-8/h5-6H,1,3-4H2. The number of halogens is 1. The van der Waals surface area contributed by atoms with Crippen LogP contribution in [0.1, 0.15) is 12.8 Å². The molecule has 3 heteroatoms. The van der Waals surface area contributed by atoms with Crippen molar-refractivity contribution in [2.75, 3.05) is 5.88 Å². The van der Waals surface area contributed by atoms with E-state index >= 15 is 0 Å². The highest BCUT2D eigenvalue weighted by Gasteiger charge is 2.28. The molecule has 2 nitrogen and oxygen atoms in total. The van der Waals surface area contributed by atoms with E-state index < -0.39 is 0 Å². The van der Waals surface area contributed by atoms with E-state index in [-0.39, 0.29) is 12.2 Å². The van der Waals surface area contributed by atoms with Crippen LogP contribution >= 0.6 is 11.6 Å². The van der Waals surface area contributed by atoms with Crippen LogP contribution in [0.4, 0.5) is 0 Å². The Morgan fingerprint density at radius 2 is 2.33 bits per heavy atom. The van der Waals surface area contributed by atoms with E-state index in [1.807, 2.05) is 6.07 Å². The molecular formula is C6H8ClNO. The molecule has 1 heterocycles. The molecule has 0 bridgehead atoms. The molecule has 0 aromatic carbocycles. The Bertz CT molecular complexity index is 126. The molecule has 0 saturated carbocycles. The Labute approximate surface area is 59.4 Å². The topological polar surface area (TPSA) is 33.0 Å². The van der Waals surface area contributed by atoms with Gasteiger partial charge in [0.2, 0.25) is 0 Å². The SMILES string of the molecule is N#CCC1CC(CCl)O1. The molecule has 2 unspecified atom stereocenters. The van der Waals surface area contributed by atoms with Gasteiger partial charge in [0, 0.05) is 12.3 Å². The van der Waals surface area contributed by atoms with Crippen molar-refractivity contribution >= 4 is 11.6 Å². The summed E-state index contributed by atoms with van der Waals surface area (Å²) < 4.78 is 5.17. The predicted octanol–water partition coefficient (Wildman–Crippen LogP) is 1.30. The fraction of sp³-hybridized carbons (Fsp3) is 0.833. The summed E-state index contributed by atoms with van der Waals surface area (Å²) in [5, 5.41) is 8.20. The minimum absolute atomic E-state index is 0.166. The van der Waals surface area contributed by atoms with Crippen LogP contribution in [-0.4, -0.2) is 18.1 Å². The van der Waals surface area contributed by atoms with E-state index in [2.05, 4.69) is 0 Å². The lowest BCUT2D eigenvalue weighted by atomic mass is 10.0. The normalized spacial score (nSPS) is 32.9. The van der Waals surface area contributed by atoms with Crippen molar-refractivity contribution in [3.05, 3.63) is 0 Å². The van der Waals surface area contributed by atoms with Crippen molar-refractivity contribution in [1.82, 2.24) is 0 Å². The Kier molecular flexibility index (Phi) is 2.32. The molecule has 1 rings (SSSR count). The number of nitrogens with zero attached hydrogens (tertiary/aromatic N) is 1. The summed E-state index contributed by atoms with van der Waals surface area (Å²) in [4.78, 5) is 0. The molecule has 0 radical (unpaired) electrons. The highest BCUT2D eigenvalue weighted by Crippen LogP contribution is 2.23. The van der Waals surface area contributed by atoms with Crippen LogP contribution in [0.3, 0.4) is 0 Å². The molecule has 0 aromatic heterocycles. The molecular weight excluding hydrogens is 138 g/mol. The van der Waals surface area contributed by atoms with Crippen molar-refractivity contribution in [2.24, 2.45) is 0 Å². The van der Waals surface area contributed by atoms with Crippen molar-refractivity contribution in [3.8, 4) is 6.07 Å². The second kappa shape index (κ2) is 3.05. The summed E-state index contributed by atoms with van der Waals surface area (Å²) in [6.45, 7) is 0. The molecule has 2 atom stereocenters. The van der Waals surface area contributed by atoms with Gasteiger partial charge in [0.05, 0.1) is 24.7 Å². The van der Waals surface area contributed by atoms with E-state index in [0.717, 1.165) is 6.42 Å². The molecule has 1 fully saturated rings. The van der Waals surface area contributed by atoms with Crippen LogP contribution in [0.2, 0.25) is 0 Å². The lowest BCUT2D eigenvalue weighted by Gasteiger charge is -2.33. The van der Waals surface area contributed by atoms with E-state index in [1.165, 1.54) is 0 Å². The largest absolute Gasteiger partial charge is 0.372 e. The van der Waals surface area contributed by atoms with Gasteiger partial charge in [0.25, 0.3) is 0 Å². The van der Waals surface area contributed by atoms with E-state index in [1.54, 1.807) is 0 Å². The van der Waals surface area contributed by atoms with Crippen LogP contribution in [-0.2, 0) is 4.74 Å². The van der Waals surface area contributed by atoms with Gasteiger partial charge in [-0.3, -0.25) is 0 Å². The molecule has 1 aliphatic heterocycles. The lowest BCUT2D eigenvalue weighted by molar-refractivity contribution is -0.108. The number of nitriles is 1. The zero-order valence-electron chi connectivity index (χ0n) is 5.01. The molecule has 0 spiro atoms. The first-order valence-electron chi connectivity index (χ1n) is 2.95. The maximum Gasteiger partial charge on any atom is 0.0739 e. The Morgan fingerprint density at radius 3 is 2.78 bits per heavy atom. The van der Waals surface area contributed by atoms with Crippen molar-refractivity contribution in [2.45, 2.75) is 25.0 Å². The Balaban J connectivity index is 2.06. The average Bonchev–Trinajstić information content (AvgIpc) is 1.77. The molecule has 0 N–H and O–H groups in total. The lowest BCUT2D eigenvalue weighted by Crippen LogP contribution is -2.38. The second-order valence-corrected chi connectivity index (χ2v) is 2.44. The fourth-order valence-electron chi connectivity index (χ4n) is 0.887. The van der Waals surface area contributed by atoms with Crippen LogP contribution in [0.25, 0.3) is 0 Å². The summed E-state index contributed by atoms with van der Waals surface area (Å²) in [6, 6.07) is 2.05. The van der Waals surface area contributed by atoms with Gasteiger partial charge >= 0.3 is 0 Å². The maximum atomic E-state index is 8.20. The predicted molar refractivity (Wildman–Crippen MR) is 34.2 cm³/mol. The molecule has 0 aliphatic carbocycles. The monoisotopic (exact) mass is 145 g/mol. The quantitative estimate of drug-likeness (QED) is 0.549. The summed E-state index contributed by atoms with van der Waals surface area (Å²) in [6.07, 6.45) is 1.84. The number of hydrogen-bond donors (Lipinski definition) is 0. The number of hydrogen-bond acceptors (Lipinski definition) is 2. The molecule has 0 amide bonds. The summed E-state index contributed by atoms with van der Waals surface area (Å²) in [7, 11) is 0. The van der Waals surface area contributed by atoms with Crippen LogP contribution in [0.5, 0.6) is 0 Å². The van der Waals surface area contributed by atoms with Crippen molar-refractivity contribution in [1.29, 1.82) is 5.26 Å². The zero-order valence-corrected chi connectivity index (χ0v) is 5.77. The summed E-state index contributed by atoms with van der Waals surface area (Å²) in [5.74, 6) is 0.557. The molecule has 1 saturated heterocycles. The first-order valence-corrected chi connectivity index (χ1v) is 3.48. The third-order valence-electron chi connectivity index (χ3n) is 1.40. The third-order valence-corrected chi connectivity index (χ3v) is 1.75. The van der Waals surface area contributed by atoms with Crippen LogP contribution in [0.15, 0.2) is 0 Å². The fourth-order valence-corrected chi connectivity index (χ4v) is 1.09. The van der Waals surface area contributed by atoms with Gasteiger partial charge in [-0.1, -0.05) is 0 Å². The van der Waals surface area contributed by atoms with Crippen LogP contribution in [0, 0.1) is 11.3 Å². The first-order chi connectivity index (χ1) is 4.36. The van der Waals surface area contributed by atoms with Gasteiger partial charge in [0.15, 0.2) is 0 Å². The van der Waals surface area contributed by atoms with Gasteiger partial charge in [0.1, 0.15) is 0 Å². The van der Waals surface area contributed by atoms with Crippen LogP contribution < -0.4 is 0 Å². The highest BCUT2D eigenvalue weighted by molar-refractivity contribution is 6.18. The van der Waals surface area contributed by atoms with E-state index in [9.17, 15) is 0 Å². The molecule has 9 heavy (non-hydrogen) atoms. The summed E-state index contributed by atoms with van der Waals surface area (Å²) in [5.41, 5.74) is 0. The third kappa shape index (κ3) is 1.57.